The molecule has 0 heterocycles. The van der Waals surface area contributed by atoms with Gasteiger partial charge in [-0.25, -0.2) is 4.79 Å². The van der Waals surface area contributed by atoms with E-state index in [1.807, 2.05) is 43.3 Å². The first kappa shape index (κ1) is 12.5. The van der Waals surface area contributed by atoms with Crippen molar-refractivity contribution in [3.05, 3.63) is 29.8 Å². The Hall–Kier alpha value is -1.55. The van der Waals surface area contributed by atoms with Crippen LogP contribution in [0.4, 0.5) is 5.69 Å². The molecule has 0 radical (unpaired) electrons. The zero-order valence-corrected chi connectivity index (χ0v) is 9.80. The number of methoxy groups -OCH3 is 1. The number of benzene rings is 1. The lowest BCUT2D eigenvalue weighted by Crippen LogP contribution is -2.25. The van der Waals surface area contributed by atoms with Gasteiger partial charge in [0.05, 0.1) is 0 Å². The zero-order chi connectivity index (χ0) is 12.1. The molecule has 16 heavy (non-hydrogen) atoms. The van der Waals surface area contributed by atoms with Gasteiger partial charge >= 0.3 is 5.97 Å². The number of rotatable bonds is 5. The van der Waals surface area contributed by atoms with Crippen LogP contribution >= 0.6 is 0 Å². The molecule has 4 heteroatoms. The van der Waals surface area contributed by atoms with E-state index in [0.29, 0.717) is 6.42 Å². The molecule has 1 aromatic carbocycles. The Bertz CT molecular complexity index is 363. The average Bonchev–Trinajstić information content (AvgIpc) is 2.25. The number of hydrogen-bond donors (Lipinski definition) is 1. The van der Waals surface area contributed by atoms with Gasteiger partial charge < -0.3 is 14.7 Å². The summed E-state index contributed by atoms with van der Waals surface area (Å²) in [5.74, 6) is -0.934. The average molecular weight is 223 g/mol. The number of carboxylic acids is 1. The molecule has 0 aliphatic rings. The van der Waals surface area contributed by atoms with Crippen LogP contribution in [0, 0.1) is 0 Å². The monoisotopic (exact) mass is 223 g/mol. The minimum absolute atomic E-state index is 0.375. The second-order valence-electron chi connectivity index (χ2n) is 3.79. The SMILES string of the molecule is COC(Cc1ccccc1N(C)C)C(=O)O. The topological polar surface area (TPSA) is 49.8 Å². The molecule has 1 aromatic rings. The van der Waals surface area contributed by atoms with Gasteiger partial charge in [0.2, 0.25) is 0 Å². The number of anilines is 1. The van der Waals surface area contributed by atoms with Crippen LogP contribution in [0.2, 0.25) is 0 Å². The highest BCUT2D eigenvalue weighted by atomic mass is 16.5. The van der Waals surface area contributed by atoms with Gasteiger partial charge in [-0.3, -0.25) is 0 Å². The van der Waals surface area contributed by atoms with Gasteiger partial charge in [-0.2, -0.15) is 0 Å². The van der Waals surface area contributed by atoms with Gasteiger partial charge in [0, 0.05) is 33.3 Å². The molecule has 0 saturated carbocycles. The highest BCUT2D eigenvalue weighted by Crippen LogP contribution is 2.20. The van der Waals surface area contributed by atoms with E-state index < -0.39 is 12.1 Å². The number of aliphatic carboxylic acids is 1. The number of hydrogen-bond acceptors (Lipinski definition) is 3. The van der Waals surface area contributed by atoms with Crippen molar-refractivity contribution >= 4 is 11.7 Å². The molecule has 0 aromatic heterocycles. The fourth-order valence-electron chi connectivity index (χ4n) is 1.59. The van der Waals surface area contributed by atoms with Gasteiger partial charge in [0.25, 0.3) is 0 Å². The minimum Gasteiger partial charge on any atom is -0.479 e. The predicted molar refractivity (Wildman–Crippen MR) is 62.9 cm³/mol. The number of para-hydroxylation sites is 1. The standard InChI is InChI=1S/C12H17NO3/c1-13(2)10-7-5-4-6-9(10)8-11(16-3)12(14)15/h4-7,11H,8H2,1-3H3,(H,14,15). The molecular formula is C12H17NO3. The van der Waals surface area contributed by atoms with Crippen molar-refractivity contribution in [1.29, 1.82) is 0 Å². The highest BCUT2D eigenvalue weighted by molar-refractivity contribution is 5.73. The zero-order valence-electron chi connectivity index (χ0n) is 9.80. The first-order chi connectivity index (χ1) is 7.56. The molecule has 88 valence electrons. The summed E-state index contributed by atoms with van der Waals surface area (Å²) in [6.07, 6.45) is -0.415. The molecule has 0 aliphatic heterocycles. The van der Waals surface area contributed by atoms with Crippen molar-refractivity contribution in [3.8, 4) is 0 Å². The van der Waals surface area contributed by atoms with E-state index in [2.05, 4.69) is 0 Å². The van der Waals surface area contributed by atoms with Gasteiger partial charge in [-0.05, 0) is 11.6 Å². The van der Waals surface area contributed by atoms with Crippen LogP contribution in [-0.4, -0.2) is 38.4 Å². The van der Waals surface area contributed by atoms with Gasteiger partial charge in [-0.15, -0.1) is 0 Å². The van der Waals surface area contributed by atoms with Crippen LogP contribution in [0.5, 0.6) is 0 Å². The van der Waals surface area contributed by atoms with Crippen molar-refractivity contribution in [2.75, 3.05) is 26.1 Å². The predicted octanol–water partition coefficient (Wildman–Crippen LogP) is 1.39. The fraction of sp³-hybridized carbons (Fsp3) is 0.417. The molecule has 0 fully saturated rings. The normalized spacial score (nSPS) is 12.2. The third kappa shape index (κ3) is 2.97. The molecule has 1 rings (SSSR count). The van der Waals surface area contributed by atoms with Crippen LogP contribution in [-0.2, 0) is 16.0 Å². The van der Waals surface area contributed by atoms with Gasteiger partial charge in [0.15, 0.2) is 6.10 Å². The molecule has 0 saturated heterocycles. The summed E-state index contributed by atoms with van der Waals surface area (Å²) in [7, 11) is 5.28. The summed E-state index contributed by atoms with van der Waals surface area (Å²) in [4.78, 5) is 12.8. The molecule has 1 unspecified atom stereocenters. The number of carbonyl (C=O) groups is 1. The van der Waals surface area contributed by atoms with Crippen molar-refractivity contribution in [2.45, 2.75) is 12.5 Å². The van der Waals surface area contributed by atoms with Crippen molar-refractivity contribution in [1.82, 2.24) is 0 Å². The summed E-state index contributed by atoms with van der Waals surface area (Å²) in [5, 5.41) is 8.93. The van der Waals surface area contributed by atoms with E-state index in [4.69, 9.17) is 9.84 Å². The maximum Gasteiger partial charge on any atom is 0.333 e. The van der Waals surface area contributed by atoms with Crippen LogP contribution in [0.15, 0.2) is 24.3 Å². The van der Waals surface area contributed by atoms with E-state index in [1.165, 1.54) is 7.11 Å². The third-order valence-electron chi connectivity index (χ3n) is 2.44. The first-order valence-corrected chi connectivity index (χ1v) is 5.07. The second kappa shape index (κ2) is 5.51. The Morgan fingerprint density at radius 3 is 2.56 bits per heavy atom. The molecule has 0 amide bonds. The lowest BCUT2D eigenvalue weighted by molar-refractivity contribution is -0.148. The fourth-order valence-corrected chi connectivity index (χ4v) is 1.59. The first-order valence-electron chi connectivity index (χ1n) is 5.07. The Morgan fingerprint density at radius 1 is 1.44 bits per heavy atom. The van der Waals surface area contributed by atoms with E-state index in [9.17, 15) is 4.79 Å². The smallest absolute Gasteiger partial charge is 0.333 e. The van der Waals surface area contributed by atoms with Gasteiger partial charge in [0.1, 0.15) is 0 Å². The summed E-state index contributed by atoms with van der Waals surface area (Å²) in [5.41, 5.74) is 1.99. The van der Waals surface area contributed by atoms with Crippen LogP contribution in [0.3, 0.4) is 0 Å². The summed E-state index contributed by atoms with van der Waals surface area (Å²) in [6.45, 7) is 0. The Morgan fingerprint density at radius 2 is 2.06 bits per heavy atom. The van der Waals surface area contributed by atoms with Gasteiger partial charge in [-0.1, -0.05) is 18.2 Å². The summed E-state index contributed by atoms with van der Waals surface area (Å²) < 4.78 is 4.93. The summed E-state index contributed by atoms with van der Waals surface area (Å²) >= 11 is 0. The molecule has 0 bridgehead atoms. The van der Waals surface area contributed by atoms with E-state index in [1.54, 1.807) is 0 Å². The summed E-state index contributed by atoms with van der Waals surface area (Å²) in [6, 6.07) is 7.71. The lowest BCUT2D eigenvalue weighted by Gasteiger charge is -2.19. The Labute approximate surface area is 95.5 Å². The minimum atomic E-state index is -0.934. The number of ether oxygens (including phenoxy) is 1. The van der Waals surface area contributed by atoms with Crippen molar-refractivity contribution in [2.24, 2.45) is 0 Å². The third-order valence-corrected chi connectivity index (χ3v) is 2.44. The maximum absolute atomic E-state index is 10.9. The molecule has 1 atom stereocenters. The number of nitrogens with zero attached hydrogens (tertiary/aromatic N) is 1. The molecule has 0 spiro atoms. The quantitative estimate of drug-likeness (QED) is 0.819. The van der Waals surface area contributed by atoms with E-state index in [0.717, 1.165) is 11.3 Å². The lowest BCUT2D eigenvalue weighted by atomic mass is 10.1. The van der Waals surface area contributed by atoms with Crippen molar-refractivity contribution < 1.29 is 14.6 Å². The number of carboxylic acid groups (broad SMARTS) is 1. The molecular weight excluding hydrogens is 206 g/mol. The van der Waals surface area contributed by atoms with Crippen molar-refractivity contribution in [3.63, 3.8) is 0 Å². The molecule has 1 N–H and O–H groups in total. The Balaban J connectivity index is 2.91. The maximum atomic E-state index is 10.9. The van der Waals surface area contributed by atoms with Crippen LogP contribution in [0.1, 0.15) is 5.56 Å². The van der Waals surface area contributed by atoms with E-state index in [-0.39, 0.29) is 0 Å². The Kier molecular flexibility index (Phi) is 4.31. The highest BCUT2D eigenvalue weighted by Gasteiger charge is 2.18. The molecule has 4 nitrogen and oxygen atoms in total. The van der Waals surface area contributed by atoms with Crippen LogP contribution in [0.25, 0.3) is 0 Å². The molecule has 0 aliphatic carbocycles. The second-order valence-corrected chi connectivity index (χ2v) is 3.79. The van der Waals surface area contributed by atoms with Crippen LogP contribution < -0.4 is 4.90 Å². The largest absolute Gasteiger partial charge is 0.479 e. The van der Waals surface area contributed by atoms with E-state index >= 15 is 0 Å².